The fourth-order valence-corrected chi connectivity index (χ4v) is 2.51. The van der Waals surface area contributed by atoms with Crippen LogP contribution >= 0.6 is 23.3 Å². The second-order valence-electron chi connectivity index (χ2n) is 2.46. The van der Waals surface area contributed by atoms with Crippen molar-refractivity contribution in [1.82, 2.24) is 9.36 Å². The van der Waals surface area contributed by atoms with E-state index in [1.807, 2.05) is 6.92 Å². The zero-order valence-corrected chi connectivity index (χ0v) is 8.98. The van der Waals surface area contributed by atoms with Gasteiger partial charge in [0.05, 0.1) is 0 Å². The second kappa shape index (κ2) is 4.57. The fraction of sp³-hybridized carbons (Fsp3) is 0.571. The normalized spacial score (nSPS) is 12.8. The van der Waals surface area contributed by atoms with Gasteiger partial charge in [-0.25, -0.2) is 4.98 Å². The molecule has 0 aliphatic carbocycles. The number of aliphatic carboxylic acids is 1. The standard InChI is InChI=1S/C7H10N2O2S2/c1-3-5(6(10)11)12-7-8-4(2)9-13-7/h5H,3H2,1-2H3,(H,10,11). The van der Waals surface area contributed by atoms with Crippen LogP contribution in [0.5, 0.6) is 0 Å². The van der Waals surface area contributed by atoms with E-state index >= 15 is 0 Å². The average Bonchev–Trinajstić information content (AvgIpc) is 2.46. The van der Waals surface area contributed by atoms with Crippen LogP contribution < -0.4 is 0 Å². The van der Waals surface area contributed by atoms with Crippen molar-refractivity contribution in [3.8, 4) is 0 Å². The van der Waals surface area contributed by atoms with Crippen LogP contribution in [0.2, 0.25) is 0 Å². The quantitative estimate of drug-likeness (QED) is 0.781. The molecule has 0 aliphatic heterocycles. The van der Waals surface area contributed by atoms with Crippen molar-refractivity contribution < 1.29 is 9.90 Å². The van der Waals surface area contributed by atoms with Crippen molar-refractivity contribution >= 4 is 29.3 Å². The Labute approximate surface area is 84.6 Å². The van der Waals surface area contributed by atoms with Gasteiger partial charge in [0, 0.05) is 0 Å². The first-order valence-electron chi connectivity index (χ1n) is 3.83. The summed E-state index contributed by atoms with van der Waals surface area (Å²) in [4.78, 5) is 14.8. The van der Waals surface area contributed by atoms with E-state index < -0.39 is 11.2 Å². The molecule has 6 heteroatoms. The van der Waals surface area contributed by atoms with Crippen molar-refractivity contribution in [2.75, 3.05) is 0 Å². The van der Waals surface area contributed by atoms with Crippen LogP contribution in [0, 0.1) is 6.92 Å². The maximum absolute atomic E-state index is 10.7. The first-order valence-corrected chi connectivity index (χ1v) is 5.48. The van der Waals surface area contributed by atoms with Crippen LogP contribution in [0.1, 0.15) is 19.2 Å². The lowest BCUT2D eigenvalue weighted by molar-refractivity contribution is -0.136. The molecular formula is C7H10N2O2S2. The number of carbonyl (C=O) groups is 1. The zero-order valence-electron chi connectivity index (χ0n) is 7.35. The highest BCUT2D eigenvalue weighted by atomic mass is 32.2. The number of carboxylic acids is 1. The lowest BCUT2D eigenvalue weighted by Crippen LogP contribution is -2.14. The summed E-state index contributed by atoms with van der Waals surface area (Å²) in [6.07, 6.45) is 0.596. The van der Waals surface area contributed by atoms with Crippen LogP contribution in [0.4, 0.5) is 0 Å². The molecule has 0 aliphatic rings. The Morgan fingerprint density at radius 1 is 1.77 bits per heavy atom. The molecule has 0 amide bonds. The van der Waals surface area contributed by atoms with Gasteiger partial charge in [-0.05, 0) is 24.9 Å². The third-order valence-electron chi connectivity index (χ3n) is 1.40. The van der Waals surface area contributed by atoms with Gasteiger partial charge in [-0.2, -0.15) is 4.37 Å². The van der Waals surface area contributed by atoms with E-state index in [2.05, 4.69) is 9.36 Å². The molecule has 1 aromatic heterocycles. The Morgan fingerprint density at radius 2 is 2.46 bits per heavy atom. The summed E-state index contributed by atoms with van der Waals surface area (Å²) in [5.41, 5.74) is 0. The Morgan fingerprint density at radius 3 is 2.85 bits per heavy atom. The van der Waals surface area contributed by atoms with E-state index in [1.165, 1.54) is 23.3 Å². The predicted octanol–water partition coefficient (Wildman–Crippen LogP) is 1.80. The number of hydrogen-bond acceptors (Lipinski definition) is 5. The van der Waals surface area contributed by atoms with E-state index in [0.717, 1.165) is 4.34 Å². The Hall–Kier alpha value is -0.620. The van der Waals surface area contributed by atoms with Crippen LogP contribution in [-0.2, 0) is 4.79 Å². The van der Waals surface area contributed by atoms with Crippen LogP contribution in [0.3, 0.4) is 0 Å². The van der Waals surface area contributed by atoms with E-state index in [-0.39, 0.29) is 0 Å². The van der Waals surface area contributed by atoms with Gasteiger partial charge in [-0.3, -0.25) is 4.79 Å². The first kappa shape index (κ1) is 10.5. The van der Waals surface area contributed by atoms with Crippen molar-refractivity contribution in [3.63, 3.8) is 0 Å². The van der Waals surface area contributed by atoms with Crippen molar-refractivity contribution in [1.29, 1.82) is 0 Å². The number of aryl methyl sites for hydroxylation is 1. The third-order valence-corrected chi connectivity index (χ3v) is 3.63. The minimum absolute atomic E-state index is 0.410. The molecule has 1 atom stereocenters. The molecule has 0 spiro atoms. The summed E-state index contributed by atoms with van der Waals surface area (Å²) in [7, 11) is 0. The minimum Gasteiger partial charge on any atom is -0.480 e. The van der Waals surface area contributed by atoms with Gasteiger partial charge in [0.2, 0.25) is 0 Å². The molecule has 1 aromatic rings. The summed E-state index contributed by atoms with van der Waals surface area (Å²) in [5, 5.41) is 8.37. The lowest BCUT2D eigenvalue weighted by atomic mass is 10.3. The van der Waals surface area contributed by atoms with Gasteiger partial charge < -0.3 is 5.11 Å². The summed E-state index contributed by atoms with van der Waals surface area (Å²) in [5.74, 6) is -0.0897. The molecule has 4 nitrogen and oxygen atoms in total. The second-order valence-corrected chi connectivity index (χ2v) is 4.66. The number of nitrogens with zero attached hydrogens (tertiary/aromatic N) is 2. The molecule has 1 rings (SSSR count). The van der Waals surface area contributed by atoms with Gasteiger partial charge in [-0.15, -0.1) is 0 Å². The van der Waals surface area contributed by atoms with Gasteiger partial charge in [0.25, 0.3) is 0 Å². The first-order chi connectivity index (χ1) is 6.13. The average molecular weight is 218 g/mol. The Kier molecular flexibility index (Phi) is 3.68. The summed E-state index contributed by atoms with van der Waals surface area (Å²) < 4.78 is 4.71. The fourth-order valence-electron chi connectivity index (χ4n) is 0.756. The number of carboxylic acid groups (broad SMARTS) is 1. The van der Waals surface area contributed by atoms with Gasteiger partial charge in [0.15, 0.2) is 4.34 Å². The highest BCUT2D eigenvalue weighted by molar-refractivity contribution is 8.02. The molecule has 1 heterocycles. The number of thioether (sulfide) groups is 1. The molecule has 1 unspecified atom stereocenters. The van der Waals surface area contributed by atoms with Crippen LogP contribution in [0.15, 0.2) is 4.34 Å². The largest absolute Gasteiger partial charge is 0.480 e. The molecule has 0 bridgehead atoms. The molecule has 0 radical (unpaired) electrons. The Bertz CT molecular complexity index is 300. The smallest absolute Gasteiger partial charge is 0.317 e. The maximum Gasteiger partial charge on any atom is 0.317 e. The van der Waals surface area contributed by atoms with Crippen molar-refractivity contribution in [2.24, 2.45) is 0 Å². The van der Waals surface area contributed by atoms with E-state index in [0.29, 0.717) is 12.2 Å². The predicted molar refractivity (Wildman–Crippen MR) is 52.2 cm³/mol. The number of hydrogen-bond donors (Lipinski definition) is 1. The maximum atomic E-state index is 10.7. The molecule has 0 aromatic carbocycles. The minimum atomic E-state index is -0.791. The van der Waals surface area contributed by atoms with Gasteiger partial charge in [0.1, 0.15) is 11.1 Å². The van der Waals surface area contributed by atoms with Crippen LogP contribution in [0.25, 0.3) is 0 Å². The molecule has 13 heavy (non-hydrogen) atoms. The summed E-state index contributed by atoms with van der Waals surface area (Å²) in [6.45, 7) is 3.64. The molecular weight excluding hydrogens is 208 g/mol. The summed E-state index contributed by atoms with van der Waals surface area (Å²) in [6, 6.07) is 0. The van der Waals surface area contributed by atoms with Crippen molar-refractivity contribution in [2.45, 2.75) is 29.9 Å². The highest BCUT2D eigenvalue weighted by Gasteiger charge is 2.18. The molecule has 0 saturated carbocycles. The molecule has 0 saturated heterocycles. The molecule has 72 valence electrons. The molecule has 0 fully saturated rings. The number of aromatic nitrogens is 2. The van der Waals surface area contributed by atoms with E-state index in [4.69, 9.17) is 5.11 Å². The van der Waals surface area contributed by atoms with Crippen molar-refractivity contribution in [3.05, 3.63) is 5.82 Å². The molecule has 1 N–H and O–H groups in total. The zero-order chi connectivity index (χ0) is 9.84. The third kappa shape index (κ3) is 2.96. The monoisotopic (exact) mass is 218 g/mol. The highest BCUT2D eigenvalue weighted by Crippen LogP contribution is 2.26. The lowest BCUT2D eigenvalue weighted by Gasteiger charge is -2.04. The number of rotatable bonds is 4. The Balaban J connectivity index is 2.61. The SMILES string of the molecule is CCC(Sc1nc(C)ns1)C(=O)O. The van der Waals surface area contributed by atoms with Gasteiger partial charge >= 0.3 is 5.97 Å². The van der Waals surface area contributed by atoms with Gasteiger partial charge in [-0.1, -0.05) is 18.7 Å². The topological polar surface area (TPSA) is 63.1 Å². The van der Waals surface area contributed by atoms with E-state index in [1.54, 1.807) is 6.92 Å². The van der Waals surface area contributed by atoms with Crippen LogP contribution in [-0.4, -0.2) is 25.7 Å². The van der Waals surface area contributed by atoms with E-state index in [9.17, 15) is 4.79 Å². The summed E-state index contributed by atoms with van der Waals surface area (Å²) >= 11 is 2.51.